The maximum Gasteiger partial charge on any atom is 0.573 e. The van der Waals surface area contributed by atoms with Crippen LogP contribution in [0.25, 0.3) is 5.69 Å². The topological polar surface area (TPSA) is 76.1 Å². The number of hydrogen-bond acceptors (Lipinski definition) is 5. The fourth-order valence-corrected chi connectivity index (χ4v) is 6.00. The first kappa shape index (κ1) is 23.4. The molecule has 2 aliphatic rings. The molecule has 3 heterocycles. The Morgan fingerprint density at radius 3 is 2.38 bits per heavy atom. The molecule has 0 unspecified atom stereocenters. The second-order valence-electron chi connectivity index (χ2n) is 8.99. The van der Waals surface area contributed by atoms with Crippen LogP contribution in [0.5, 0.6) is 5.75 Å². The molecule has 37 heavy (non-hydrogen) atoms. The van der Waals surface area contributed by atoms with E-state index in [-0.39, 0.29) is 23.0 Å². The fraction of sp³-hybridized carbons (Fsp3) is 0.185. The molecule has 6 rings (SSSR count). The predicted molar refractivity (Wildman–Crippen MR) is 133 cm³/mol. The number of allylic oxidation sites excluding steroid dienone is 2. The van der Waals surface area contributed by atoms with Crippen LogP contribution in [-0.4, -0.2) is 21.9 Å². The maximum absolute atomic E-state index is 13.7. The summed E-state index contributed by atoms with van der Waals surface area (Å²) in [5, 5.41) is 8.42. The molecule has 0 saturated heterocycles. The number of aromatic nitrogens is 2. The monoisotopic (exact) mass is 523 g/mol. The normalized spacial score (nSPS) is 19.3. The molecule has 4 aromatic rings. The summed E-state index contributed by atoms with van der Waals surface area (Å²) >= 11 is 1.59. The summed E-state index contributed by atoms with van der Waals surface area (Å²) in [6.45, 7) is 0. The van der Waals surface area contributed by atoms with E-state index in [0.29, 0.717) is 46.7 Å². The SMILES string of the molecule is O=C1C[C@H](c2cccs2)CC2=C1[C@H](c1ccc(OC(F)(F)F)cc1)c1c([nH]n(-c3ccccc3)c1=O)N2. The first-order valence-corrected chi connectivity index (χ1v) is 12.5. The van der Waals surface area contributed by atoms with Crippen LogP contribution in [0.3, 0.4) is 0 Å². The van der Waals surface area contributed by atoms with E-state index < -0.39 is 12.3 Å². The molecule has 2 aromatic carbocycles. The van der Waals surface area contributed by atoms with Gasteiger partial charge >= 0.3 is 6.36 Å². The zero-order valence-electron chi connectivity index (χ0n) is 19.2. The van der Waals surface area contributed by atoms with Crippen molar-refractivity contribution in [1.29, 1.82) is 0 Å². The Hall–Kier alpha value is -4.05. The minimum absolute atomic E-state index is 0.00597. The Balaban J connectivity index is 1.48. The van der Waals surface area contributed by atoms with Gasteiger partial charge in [0, 0.05) is 34.4 Å². The van der Waals surface area contributed by atoms with Gasteiger partial charge < -0.3 is 10.1 Å². The van der Waals surface area contributed by atoms with Gasteiger partial charge in [0.1, 0.15) is 11.6 Å². The Bertz CT molecular complexity index is 1550. The average Bonchev–Trinajstić information content (AvgIpc) is 3.52. The summed E-state index contributed by atoms with van der Waals surface area (Å²) in [5.74, 6) is -0.732. The fourth-order valence-electron chi connectivity index (χ4n) is 5.17. The third-order valence-corrected chi connectivity index (χ3v) is 7.73. The number of aromatic amines is 1. The molecule has 10 heteroatoms. The number of alkyl halides is 3. The van der Waals surface area contributed by atoms with Crippen molar-refractivity contribution in [2.45, 2.75) is 31.0 Å². The number of carbonyl (C=O) groups excluding carboxylic acids is 1. The van der Waals surface area contributed by atoms with Gasteiger partial charge in [0.05, 0.1) is 11.3 Å². The second kappa shape index (κ2) is 8.81. The highest BCUT2D eigenvalue weighted by Crippen LogP contribution is 2.47. The van der Waals surface area contributed by atoms with Crippen molar-refractivity contribution in [3.05, 3.63) is 110 Å². The number of fused-ring (bicyclic) bond motifs is 1. The Labute approximate surface area is 213 Å². The van der Waals surface area contributed by atoms with E-state index >= 15 is 0 Å². The smallest absolute Gasteiger partial charge is 0.406 e. The average molecular weight is 524 g/mol. The molecule has 2 aromatic heterocycles. The Morgan fingerprint density at radius 2 is 1.70 bits per heavy atom. The Morgan fingerprint density at radius 1 is 0.946 bits per heavy atom. The lowest BCUT2D eigenvalue weighted by molar-refractivity contribution is -0.274. The zero-order chi connectivity index (χ0) is 25.7. The molecule has 0 bridgehead atoms. The van der Waals surface area contributed by atoms with Crippen LogP contribution >= 0.6 is 11.3 Å². The van der Waals surface area contributed by atoms with E-state index in [1.54, 1.807) is 23.5 Å². The molecule has 6 nitrogen and oxygen atoms in total. The van der Waals surface area contributed by atoms with Crippen LogP contribution in [-0.2, 0) is 4.79 Å². The van der Waals surface area contributed by atoms with Crippen LogP contribution < -0.4 is 15.6 Å². The molecule has 188 valence electrons. The van der Waals surface area contributed by atoms with E-state index in [0.717, 1.165) is 4.88 Å². The Kier molecular flexibility index (Phi) is 5.56. The van der Waals surface area contributed by atoms with Crippen LogP contribution in [0.15, 0.2) is 88.2 Å². The summed E-state index contributed by atoms with van der Waals surface area (Å²) in [4.78, 5) is 28.4. The maximum atomic E-state index is 13.7. The van der Waals surface area contributed by atoms with Crippen molar-refractivity contribution in [2.75, 3.05) is 5.32 Å². The third kappa shape index (κ3) is 4.27. The van der Waals surface area contributed by atoms with Gasteiger partial charge in [-0.15, -0.1) is 24.5 Å². The van der Waals surface area contributed by atoms with E-state index in [4.69, 9.17) is 0 Å². The van der Waals surface area contributed by atoms with Gasteiger partial charge in [-0.3, -0.25) is 14.7 Å². The van der Waals surface area contributed by atoms with Crippen molar-refractivity contribution in [1.82, 2.24) is 9.78 Å². The third-order valence-electron chi connectivity index (χ3n) is 6.69. The van der Waals surface area contributed by atoms with Crippen molar-refractivity contribution in [3.63, 3.8) is 0 Å². The number of Topliss-reactive ketones (excluding diaryl/α,β-unsaturated/α-hetero) is 1. The number of carbonyl (C=O) groups is 1. The molecule has 1 aliphatic heterocycles. The van der Waals surface area contributed by atoms with Crippen molar-refractivity contribution >= 4 is 22.9 Å². The summed E-state index contributed by atoms with van der Waals surface area (Å²) in [6.07, 6.45) is -3.95. The molecule has 0 spiro atoms. The van der Waals surface area contributed by atoms with Gasteiger partial charge in [-0.1, -0.05) is 36.4 Å². The quantitative estimate of drug-likeness (QED) is 0.340. The van der Waals surface area contributed by atoms with Crippen LogP contribution in [0.4, 0.5) is 19.0 Å². The highest BCUT2D eigenvalue weighted by atomic mass is 32.1. The number of halogens is 3. The lowest BCUT2D eigenvalue weighted by Crippen LogP contribution is -2.31. The molecule has 0 fully saturated rings. The number of thiophene rings is 1. The number of ether oxygens (including phenoxy) is 1. The van der Waals surface area contributed by atoms with Crippen LogP contribution in [0.2, 0.25) is 0 Å². The van der Waals surface area contributed by atoms with Crippen molar-refractivity contribution in [2.24, 2.45) is 0 Å². The van der Waals surface area contributed by atoms with Gasteiger partial charge in [0.15, 0.2) is 5.78 Å². The first-order valence-electron chi connectivity index (χ1n) is 11.6. The number of ketones is 1. The first-order chi connectivity index (χ1) is 17.8. The van der Waals surface area contributed by atoms with Gasteiger partial charge in [0.25, 0.3) is 5.56 Å². The number of hydrogen-bond donors (Lipinski definition) is 2. The van der Waals surface area contributed by atoms with E-state index in [1.165, 1.54) is 28.9 Å². The number of rotatable bonds is 4. The highest BCUT2D eigenvalue weighted by molar-refractivity contribution is 7.10. The number of para-hydroxylation sites is 1. The number of benzene rings is 2. The second-order valence-corrected chi connectivity index (χ2v) is 9.97. The molecular formula is C27H20F3N3O3S. The summed E-state index contributed by atoms with van der Waals surface area (Å²) in [5.41, 5.74) is 2.34. The van der Waals surface area contributed by atoms with Crippen LogP contribution in [0, 0.1) is 0 Å². The van der Waals surface area contributed by atoms with Crippen molar-refractivity contribution < 1.29 is 22.7 Å². The minimum atomic E-state index is -4.82. The molecule has 0 saturated carbocycles. The number of H-pyrrole nitrogens is 1. The predicted octanol–water partition coefficient (Wildman–Crippen LogP) is 6.08. The summed E-state index contributed by atoms with van der Waals surface area (Å²) in [6, 6.07) is 18.3. The summed E-state index contributed by atoms with van der Waals surface area (Å²) in [7, 11) is 0. The molecule has 2 N–H and O–H groups in total. The van der Waals surface area contributed by atoms with Crippen molar-refractivity contribution in [3.8, 4) is 11.4 Å². The van der Waals surface area contributed by atoms with Gasteiger partial charge in [-0.05, 0) is 47.7 Å². The summed E-state index contributed by atoms with van der Waals surface area (Å²) < 4.78 is 43.5. The molecule has 0 radical (unpaired) electrons. The molecule has 2 atom stereocenters. The van der Waals surface area contributed by atoms with Crippen LogP contribution in [0.1, 0.15) is 40.7 Å². The highest BCUT2D eigenvalue weighted by Gasteiger charge is 2.41. The lowest BCUT2D eigenvalue weighted by atomic mass is 9.74. The minimum Gasteiger partial charge on any atom is -0.406 e. The van der Waals surface area contributed by atoms with E-state index in [9.17, 15) is 22.8 Å². The zero-order valence-corrected chi connectivity index (χ0v) is 20.0. The van der Waals surface area contributed by atoms with Gasteiger partial charge in [-0.25, -0.2) is 4.68 Å². The lowest BCUT2D eigenvalue weighted by Gasteiger charge is -2.34. The van der Waals surface area contributed by atoms with E-state index in [2.05, 4.69) is 15.2 Å². The standard InChI is InChI=1S/C27H20F3N3O3S/c28-27(29,30)36-18-10-8-15(9-11-18)22-23-19(13-16(14-20(23)34)21-7-4-12-37-21)31-25-24(22)26(35)33(32-25)17-5-2-1-3-6-17/h1-12,16,22,31-32H,13-14H2/t16-,22+/m1/s1. The molecule has 0 amide bonds. The van der Waals surface area contributed by atoms with E-state index in [1.807, 2.05) is 35.7 Å². The molecular weight excluding hydrogens is 503 g/mol. The number of nitrogens with one attached hydrogen (secondary N) is 2. The number of anilines is 1. The van der Waals surface area contributed by atoms with Gasteiger partial charge in [-0.2, -0.15) is 0 Å². The number of nitrogens with zero attached hydrogens (tertiary/aromatic N) is 1. The van der Waals surface area contributed by atoms with Gasteiger partial charge in [0.2, 0.25) is 0 Å². The largest absolute Gasteiger partial charge is 0.573 e. The molecule has 1 aliphatic carbocycles.